The normalized spacial score (nSPS) is 11.2. The summed E-state index contributed by atoms with van der Waals surface area (Å²) in [6, 6.07) is 12.1. The molecule has 5 nitrogen and oxygen atoms in total. The van der Waals surface area contributed by atoms with Crippen LogP contribution >= 0.6 is 15.9 Å². The van der Waals surface area contributed by atoms with Crippen LogP contribution in [0.15, 0.2) is 57.9 Å². The molecular formula is C15H14BrFN2O3S. The molecule has 0 bridgehead atoms. The fourth-order valence-corrected chi connectivity index (χ4v) is 3.00. The van der Waals surface area contributed by atoms with Crippen LogP contribution in [-0.2, 0) is 21.4 Å². The molecule has 2 rings (SSSR count). The Morgan fingerprint density at radius 3 is 2.39 bits per heavy atom. The zero-order chi connectivity index (χ0) is 16.9. The van der Waals surface area contributed by atoms with Gasteiger partial charge >= 0.3 is 0 Å². The van der Waals surface area contributed by atoms with Crippen molar-refractivity contribution < 1.29 is 17.6 Å². The van der Waals surface area contributed by atoms with Gasteiger partial charge in [0.05, 0.1) is 11.4 Å². The average Bonchev–Trinajstić information content (AvgIpc) is 2.53. The number of carbonyl (C=O) groups is 1. The van der Waals surface area contributed by atoms with Gasteiger partial charge in [0.1, 0.15) is 5.82 Å². The summed E-state index contributed by atoms with van der Waals surface area (Å²) in [6.07, 6.45) is 0. The molecule has 2 N–H and O–H groups in total. The van der Waals surface area contributed by atoms with Crippen molar-refractivity contribution in [1.29, 1.82) is 0 Å². The lowest BCUT2D eigenvalue weighted by atomic mass is 10.2. The van der Waals surface area contributed by atoms with Crippen molar-refractivity contribution in [3.8, 4) is 0 Å². The molecule has 122 valence electrons. The third-order valence-corrected chi connectivity index (χ3v) is 4.93. The Morgan fingerprint density at radius 2 is 1.74 bits per heavy atom. The Bertz CT molecular complexity index is 795. The summed E-state index contributed by atoms with van der Waals surface area (Å²) in [4.78, 5) is 11.7. The second-order valence-corrected chi connectivity index (χ2v) is 7.33. The van der Waals surface area contributed by atoms with Gasteiger partial charge in [-0.05, 0) is 30.3 Å². The molecule has 2 aromatic rings. The van der Waals surface area contributed by atoms with Crippen molar-refractivity contribution in [3.63, 3.8) is 0 Å². The van der Waals surface area contributed by atoms with E-state index in [0.717, 1.165) is 4.47 Å². The van der Waals surface area contributed by atoms with Crippen LogP contribution in [0, 0.1) is 5.82 Å². The monoisotopic (exact) mass is 400 g/mol. The van der Waals surface area contributed by atoms with E-state index < -0.39 is 28.3 Å². The first-order chi connectivity index (χ1) is 10.9. The van der Waals surface area contributed by atoms with E-state index in [0.29, 0.717) is 5.56 Å². The fourth-order valence-electron chi connectivity index (χ4n) is 1.76. The smallest absolute Gasteiger partial charge is 0.241 e. The van der Waals surface area contributed by atoms with Gasteiger partial charge < -0.3 is 5.32 Å². The number of amides is 1. The number of nitrogens with one attached hydrogen (secondary N) is 2. The van der Waals surface area contributed by atoms with Gasteiger partial charge in [-0.25, -0.2) is 17.5 Å². The van der Waals surface area contributed by atoms with E-state index in [1.54, 1.807) is 30.3 Å². The second kappa shape index (κ2) is 7.67. The molecule has 23 heavy (non-hydrogen) atoms. The van der Waals surface area contributed by atoms with Gasteiger partial charge in [0.25, 0.3) is 0 Å². The predicted molar refractivity (Wildman–Crippen MR) is 87.6 cm³/mol. The van der Waals surface area contributed by atoms with Crippen molar-refractivity contribution in [1.82, 2.24) is 10.0 Å². The minimum absolute atomic E-state index is 0.00841. The minimum atomic E-state index is -3.77. The molecule has 0 aromatic heterocycles. The number of benzene rings is 2. The number of hydrogen-bond donors (Lipinski definition) is 2. The number of halogens is 2. The maximum atomic E-state index is 13.4. The van der Waals surface area contributed by atoms with Crippen molar-refractivity contribution in [2.75, 3.05) is 6.54 Å². The lowest BCUT2D eigenvalue weighted by Gasteiger charge is -2.08. The molecule has 0 aliphatic rings. The van der Waals surface area contributed by atoms with Crippen LogP contribution in [-0.4, -0.2) is 20.9 Å². The van der Waals surface area contributed by atoms with Crippen LogP contribution < -0.4 is 10.0 Å². The van der Waals surface area contributed by atoms with E-state index in [9.17, 15) is 17.6 Å². The average molecular weight is 401 g/mol. The van der Waals surface area contributed by atoms with Gasteiger partial charge in [-0.1, -0.05) is 34.1 Å². The molecule has 0 aliphatic carbocycles. The maximum Gasteiger partial charge on any atom is 0.241 e. The number of rotatable bonds is 6. The maximum absolute atomic E-state index is 13.4. The Labute approximate surface area is 142 Å². The quantitative estimate of drug-likeness (QED) is 0.779. The first-order valence-corrected chi connectivity index (χ1v) is 8.91. The molecule has 0 saturated carbocycles. The van der Waals surface area contributed by atoms with Crippen LogP contribution in [0.1, 0.15) is 5.56 Å². The minimum Gasteiger partial charge on any atom is -0.351 e. The van der Waals surface area contributed by atoms with Crippen LogP contribution in [0.4, 0.5) is 4.39 Å². The molecule has 1 amide bonds. The first-order valence-electron chi connectivity index (χ1n) is 6.64. The standard InChI is InChI=1S/C15H14BrFN2O3S/c16-12-5-7-13(8-6-12)23(21,22)19-10-15(20)18-9-11-3-1-2-4-14(11)17/h1-8,19H,9-10H2,(H,18,20). The summed E-state index contributed by atoms with van der Waals surface area (Å²) in [6.45, 7) is -0.432. The summed E-state index contributed by atoms with van der Waals surface area (Å²) < 4.78 is 40.4. The first kappa shape index (κ1) is 17.6. The topological polar surface area (TPSA) is 75.3 Å². The highest BCUT2D eigenvalue weighted by atomic mass is 79.9. The highest BCUT2D eigenvalue weighted by molar-refractivity contribution is 9.10. The van der Waals surface area contributed by atoms with Crippen LogP contribution in [0.2, 0.25) is 0 Å². The highest BCUT2D eigenvalue weighted by Gasteiger charge is 2.15. The second-order valence-electron chi connectivity index (χ2n) is 4.65. The number of hydrogen-bond acceptors (Lipinski definition) is 3. The van der Waals surface area contributed by atoms with E-state index in [-0.39, 0.29) is 11.4 Å². The zero-order valence-corrected chi connectivity index (χ0v) is 14.3. The van der Waals surface area contributed by atoms with Crippen LogP contribution in [0.3, 0.4) is 0 Å². The third kappa shape index (κ3) is 5.12. The number of carbonyl (C=O) groups excluding carboxylic acids is 1. The van der Waals surface area contributed by atoms with Gasteiger partial charge in [0, 0.05) is 16.6 Å². The molecule has 2 aromatic carbocycles. The van der Waals surface area contributed by atoms with E-state index in [1.807, 2.05) is 0 Å². The third-order valence-electron chi connectivity index (χ3n) is 2.98. The summed E-state index contributed by atoms with van der Waals surface area (Å²) in [5, 5.41) is 2.46. The van der Waals surface area contributed by atoms with Crippen LogP contribution in [0.5, 0.6) is 0 Å². The summed E-state index contributed by atoms with van der Waals surface area (Å²) in [5.74, 6) is -0.975. The molecule has 0 fully saturated rings. The Hall–Kier alpha value is -1.77. The Morgan fingerprint density at radius 1 is 1.09 bits per heavy atom. The number of sulfonamides is 1. The van der Waals surface area contributed by atoms with Gasteiger partial charge in [0.2, 0.25) is 15.9 Å². The largest absolute Gasteiger partial charge is 0.351 e. The van der Waals surface area contributed by atoms with Crippen molar-refractivity contribution in [2.45, 2.75) is 11.4 Å². The molecule has 0 radical (unpaired) electrons. The molecule has 0 saturated heterocycles. The molecule has 0 atom stereocenters. The molecule has 0 aliphatic heterocycles. The lowest BCUT2D eigenvalue weighted by molar-refractivity contribution is -0.120. The van der Waals surface area contributed by atoms with Gasteiger partial charge in [-0.3, -0.25) is 4.79 Å². The lowest BCUT2D eigenvalue weighted by Crippen LogP contribution is -2.36. The van der Waals surface area contributed by atoms with Crippen molar-refractivity contribution >= 4 is 31.9 Å². The SMILES string of the molecule is O=C(CNS(=O)(=O)c1ccc(Br)cc1)NCc1ccccc1F. The molecule has 0 heterocycles. The fraction of sp³-hybridized carbons (Fsp3) is 0.133. The molecular weight excluding hydrogens is 387 g/mol. The van der Waals surface area contributed by atoms with E-state index in [4.69, 9.17) is 0 Å². The Kier molecular flexibility index (Phi) is 5.86. The molecule has 0 unspecified atom stereocenters. The summed E-state index contributed by atoms with van der Waals surface area (Å²) in [7, 11) is -3.77. The van der Waals surface area contributed by atoms with E-state index in [1.165, 1.54) is 18.2 Å². The van der Waals surface area contributed by atoms with Gasteiger partial charge in [-0.15, -0.1) is 0 Å². The molecule has 0 spiro atoms. The van der Waals surface area contributed by atoms with Gasteiger partial charge in [-0.2, -0.15) is 0 Å². The van der Waals surface area contributed by atoms with Crippen molar-refractivity contribution in [2.24, 2.45) is 0 Å². The van der Waals surface area contributed by atoms with E-state index >= 15 is 0 Å². The molecule has 8 heteroatoms. The zero-order valence-electron chi connectivity index (χ0n) is 11.9. The summed E-state index contributed by atoms with van der Waals surface area (Å²) >= 11 is 3.21. The van der Waals surface area contributed by atoms with E-state index in [2.05, 4.69) is 26.0 Å². The Balaban J connectivity index is 1.89. The van der Waals surface area contributed by atoms with Crippen LogP contribution in [0.25, 0.3) is 0 Å². The van der Waals surface area contributed by atoms with Crippen molar-refractivity contribution in [3.05, 3.63) is 64.4 Å². The highest BCUT2D eigenvalue weighted by Crippen LogP contribution is 2.14. The predicted octanol–water partition coefficient (Wildman–Crippen LogP) is 2.18. The summed E-state index contributed by atoms with van der Waals surface area (Å²) in [5.41, 5.74) is 0.330. The van der Waals surface area contributed by atoms with Gasteiger partial charge in [0.15, 0.2) is 0 Å².